The molecule has 2 aromatic carbocycles. The van der Waals surface area contributed by atoms with E-state index in [9.17, 15) is 0 Å². The van der Waals surface area contributed by atoms with Gasteiger partial charge in [-0.3, -0.25) is 0 Å². The number of H-pyrrole nitrogens is 1. The van der Waals surface area contributed by atoms with Gasteiger partial charge in [0, 0.05) is 34.9 Å². The van der Waals surface area contributed by atoms with Crippen LogP contribution in [0.5, 0.6) is 0 Å². The minimum absolute atomic E-state index is 0.609. The van der Waals surface area contributed by atoms with Crippen molar-refractivity contribution in [2.75, 3.05) is 19.6 Å². The molecule has 1 aliphatic rings. The zero-order chi connectivity index (χ0) is 20.5. The first-order chi connectivity index (χ1) is 14.7. The summed E-state index contributed by atoms with van der Waals surface area (Å²) in [6.45, 7) is 5.48. The van der Waals surface area contributed by atoms with E-state index < -0.39 is 0 Å². The molecule has 5 heteroatoms. The van der Waals surface area contributed by atoms with Gasteiger partial charge in [0.1, 0.15) is 0 Å². The lowest BCUT2D eigenvalue weighted by molar-refractivity contribution is 0.215. The number of nitrogens with zero attached hydrogens (tertiary/aromatic N) is 3. The highest BCUT2D eigenvalue weighted by atomic mass is 35.5. The van der Waals surface area contributed by atoms with Crippen molar-refractivity contribution in [2.45, 2.75) is 32.1 Å². The number of hydrogen-bond donors (Lipinski definition) is 1. The number of piperidine rings is 1. The Bertz CT molecular complexity index is 1130. The molecule has 0 amide bonds. The van der Waals surface area contributed by atoms with E-state index in [1.54, 1.807) is 0 Å². The molecule has 0 saturated carbocycles. The molecule has 4 aromatic rings. The van der Waals surface area contributed by atoms with E-state index >= 15 is 0 Å². The minimum Gasteiger partial charge on any atom is -0.361 e. The number of aromatic amines is 1. The number of fused-ring (bicyclic) bond motifs is 1. The number of halogens is 1. The monoisotopic (exact) mass is 418 g/mol. The molecule has 5 rings (SSSR count). The highest BCUT2D eigenvalue weighted by Gasteiger charge is 2.22. The molecule has 2 aromatic heterocycles. The second-order valence-electron chi connectivity index (χ2n) is 8.43. The van der Waals surface area contributed by atoms with Gasteiger partial charge in [-0.15, -0.1) is 0 Å². The molecular weight excluding hydrogens is 392 g/mol. The van der Waals surface area contributed by atoms with Gasteiger partial charge in [0.2, 0.25) is 0 Å². The summed E-state index contributed by atoms with van der Waals surface area (Å²) in [5.74, 6) is 0.609. The van der Waals surface area contributed by atoms with Gasteiger partial charge in [-0.1, -0.05) is 29.3 Å². The first-order valence-electron chi connectivity index (χ1n) is 10.8. The SMILES string of the molecule is Cc1ccc(-n2cc(CCN3CCC(c4c[nH]c5ccc(Cl)cc45)CC3)cn2)cc1. The van der Waals surface area contributed by atoms with Crippen LogP contribution in [0.3, 0.4) is 0 Å². The number of aromatic nitrogens is 3. The number of benzene rings is 2. The van der Waals surface area contributed by atoms with Crippen LogP contribution >= 0.6 is 11.6 Å². The van der Waals surface area contributed by atoms with Gasteiger partial charge in [-0.25, -0.2) is 4.68 Å². The average Bonchev–Trinajstić information content (AvgIpc) is 3.40. The molecule has 154 valence electrons. The van der Waals surface area contributed by atoms with Crippen molar-refractivity contribution < 1.29 is 0 Å². The maximum Gasteiger partial charge on any atom is 0.0645 e. The van der Waals surface area contributed by atoms with E-state index in [2.05, 4.69) is 70.7 Å². The number of rotatable bonds is 5. The topological polar surface area (TPSA) is 36.9 Å². The zero-order valence-electron chi connectivity index (χ0n) is 17.3. The molecule has 0 aliphatic carbocycles. The molecule has 0 atom stereocenters. The van der Waals surface area contributed by atoms with Crippen LogP contribution < -0.4 is 0 Å². The Kier molecular flexibility index (Phi) is 5.36. The van der Waals surface area contributed by atoms with Gasteiger partial charge in [0.05, 0.1) is 11.9 Å². The second kappa shape index (κ2) is 8.29. The van der Waals surface area contributed by atoms with Crippen LogP contribution in [-0.4, -0.2) is 39.3 Å². The van der Waals surface area contributed by atoms with Crippen LogP contribution in [0.4, 0.5) is 0 Å². The second-order valence-corrected chi connectivity index (χ2v) is 8.86. The van der Waals surface area contributed by atoms with E-state index in [0.29, 0.717) is 5.92 Å². The molecule has 0 spiro atoms. The van der Waals surface area contributed by atoms with Gasteiger partial charge in [0.25, 0.3) is 0 Å². The summed E-state index contributed by atoms with van der Waals surface area (Å²) in [5.41, 5.74) is 6.29. The largest absolute Gasteiger partial charge is 0.361 e. The molecule has 1 aliphatic heterocycles. The fourth-order valence-electron chi connectivity index (χ4n) is 4.53. The summed E-state index contributed by atoms with van der Waals surface area (Å²) in [5, 5.41) is 6.64. The third-order valence-corrected chi connectivity index (χ3v) is 6.59. The van der Waals surface area contributed by atoms with Gasteiger partial charge >= 0.3 is 0 Å². The van der Waals surface area contributed by atoms with E-state index in [0.717, 1.165) is 36.8 Å². The first-order valence-corrected chi connectivity index (χ1v) is 11.1. The standard InChI is InChI=1S/C25H27ClN4/c1-18-2-5-22(6-3-18)30-17-19(15-28-30)8-11-29-12-9-20(10-13-29)24-16-27-25-7-4-21(26)14-23(24)25/h2-7,14-17,20,27H,8-13H2,1H3. The van der Waals surface area contributed by atoms with Crippen LogP contribution in [-0.2, 0) is 6.42 Å². The highest BCUT2D eigenvalue weighted by molar-refractivity contribution is 6.31. The number of nitrogens with one attached hydrogen (secondary N) is 1. The van der Waals surface area contributed by atoms with E-state index in [-0.39, 0.29) is 0 Å². The van der Waals surface area contributed by atoms with Crippen LogP contribution in [0.25, 0.3) is 16.6 Å². The third kappa shape index (κ3) is 4.03. The van der Waals surface area contributed by atoms with Gasteiger partial charge in [-0.2, -0.15) is 5.10 Å². The Hall–Kier alpha value is -2.56. The molecule has 1 saturated heterocycles. The van der Waals surface area contributed by atoms with Crippen LogP contribution in [0.15, 0.2) is 61.1 Å². The fraction of sp³-hybridized carbons (Fsp3) is 0.320. The minimum atomic E-state index is 0.609. The van der Waals surface area contributed by atoms with Crippen molar-refractivity contribution in [3.05, 3.63) is 82.8 Å². The summed E-state index contributed by atoms with van der Waals surface area (Å²) in [6.07, 6.45) is 9.78. The molecular formula is C25H27ClN4. The van der Waals surface area contributed by atoms with Gasteiger partial charge in [-0.05, 0) is 86.7 Å². The quantitative estimate of drug-likeness (QED) is 0.448. The fourth-order valence-corrected chi connectivity index (χ4v) is 4.71. The smallest absolute Gasteiger partial charge is 0.0645 e. The lowest BCUT2D eigenvalue weighted by Gasteiger charge is -2.31. The Morgan fingerprint density at radius 1 is 1.10 bits per heavy atom. The number of hydrogen-bond acceptors (Lipinski definition) is 2. The molecule has 0 radical (unpaired) electrons. The summed E-state index contributed by atoms with van der Waals surface area (Å²) >= 11 is 6.23. The van der Waals surface area contributed by atoms with Gasteiger partial charge in [0.15, 0.2) is 0 Å². The van der Waals surface area contributed by atoms with Crippen molar-refractivity contribution in [3.8, 4) is 5.69 Å². The van der Waals surface area contributed by atoms with Gasteiger partial charge < -0.3 is 9.88 Å². The maximum atomic E-state index is 6.23. The summed E-state index contributed by atoms with van der Waals surface area (Å²) in [7, 11) is 0. The van der Waals surface area contributed by atoms with Crippen molar-refractivity contribution in [1.82, 2.24) is 19.7 Å². The normalized spacial score (nSPS) is 15.8. The summed E-state index contributed by atoms with van der Waals surface area (Å²) in [4.78, 5) is 5.99. The van der Waals surface area contributed by atoms with Crippen LogP contribution in [0, 0.1) is 6.92 Å². The molecule has 0 unspecified atom stereocenters. The average molecular weight is 419 g/mol. The predicted molar refractivity (Wildman–Crippen MR) is 124 cm³/mol. The van der Waals surface area contributed by atoms with Crippen LogP contribution in [0.1, 0.15) is 35.4 Å². The highest BCUT2D eigenvalue weighted by Crippen LogP contribution is 2.34. The Labute approximate surface area is 182 Å². The Morgan fingerprint density at radius 3 is 2.70 bits per heavy atom. The molecule has 3 heterocycles. The molecule has 0 bridgehead atoms. The third-order valence-electron chi connectivity index (χ3n) is 6.35. The summed E-state index contributed by atoms with van der Waals surface area (Å²) < 4.78 is 1.98. The molecule has 30 heavy (non-hydrogen) atoms. The van der Waals surface area contributed by atoms with E-state index in [1.807, 2.05) is 16.9 Å². The number of aryl methyl sites for hydroxylation is 1. The van der Waals surface area contributed by atoms with Crippen molar-refractivity contribution >= 4 is 22.5 Å². The van der Waals surface area contributed by atoms with E-state index in [1.165, 1.54) is 40.4 Å². The van der Waals surface area contributed by atoms with Crippen molar-refractivity contribution in [2.24, 2.45) is 0 Å². The molecule has 4 nitrogen and oxygen atoms in total. The zero-order valence-corrected chi connectivity index (χ0v) is 18.1. The maximum absolute atomic E-state index is 6.23. The van der Waals surface area contributed by atoms with Crippen molar-refractivity contribution in [1.29, 1.82) is 0 Å². The van der Waals surface area contributed by atoms with Crippen molar-refractivity contribution in [3.63, 3.8) is 0 Å². The number of likely N-dealkylation sites (tertiary alicyclic amines) is 1. The van der Waals surface area contributed by atoms with Crippen LogP contribution in [0.2, 0.25) is 5.02 Å². The first kappa shape index (κ1) is 19.4. The molecule has 1 N–H and O–H groups in total. The van der Waals surface area contributed by atoms with E-state index in [4.69, 9.17) is 11.6 Å². The lowest BCUT2D eigenvalue weighted by Crippen LogP contribution is -2.34. The Balaban J connectivity index is 1.17. The molecule has 1 fully saturated rings. The Morgan fingerprint density at radius 2 is 1.90 bits per heavy atom. The summed E-state index contributed by atoms with van der Waals surface area (Å²) in [6, 6.07) is 14.6. The predicted octanol–water partition coefficient (Wildman–Crippen LogP) is 5.74. The lowest BCUT2D eigenvalue weighted by atomic mass is 9.89.